The van der Waals surface area contributed by atoms with Crippen LogP contribution in [0.25, 0.3) is 0 Å². The summed E-state index contributed by atoms with van der Waals surface area (Å²) in [6.45, 7) is 4.29. The first-order chi connectivity index (χ1) is 19.1. The van der Waals surface area contributed by atoms with Gasteiger partial charge in [0.25, 0.3) is 0 Å². The Bertz CT molecular complexity index is 995. The van der Waals surface area contributed by atoms with Crippen LogP contribution in [0.15, 0.2) is 0 Å². The normalized spacial score (nSPS) is 32.8. The summed E-state index contributed by atoms with van der Waals surface area (Å²) in [7, 11) is 0. The molecule has 0 aliphatic carbocycles. The standard InChI is InChI=1S/C24H34O17/c1-10(25)33-7-16-18(31)22(38-15(6)30)24(40-16,9-35-12(3)27)41-23-21(37-14(5)29)19(32)20(36-13(4)28)17(39-23)8-34-11(2)26/h16-23,31-32H,7-9H2,1-6H3. The third kappa shape index (κ3) is 9.32. The van der Waals surface area contributed by atoms with E-state index in [0.29, 0.717) is 0 Å². The van der Waals surface area contributed by atoms with Crippen LogP contribution in [0.1, 0.15) is 41.5 Å². The highest BCUT2D eigenvalue weighted by atomic mass is 16.8. The highest BCUT2D eigenvalue weighted by Gasteiger charge is 2.63. The number of aliphatic hydroxyl groups excluding tert-OH is 2. The number of ether oxygens (including phenoxy) is 9. The van der Waals surface area contributed by atoms with Gasteiger partial charge in [-0.3, -0.25) is 28.8 Å². The summed E-state index contributed by atoms with van der Waals surface area (Å²) >= 11 is 0. The van der Waals surface area contributed by atoms with Crippen LogP contribution in [0, 0.1) is 0 Å². The molecule has 0 aromatic heterocycles. The van der Waals surface area contributed by atoms with Crippen LogP contribution in [0.3, 0.4) is 0 Å². The van der Waals surface area contributed by atoms with Gasteiger partial charge >= 0.3 is 35.8 Å². The van der Waals surface area contributed by atoms with Crippen molar-refractivity contribution in [2.45, 2.75) is 96.3 Å². The van der Waals surface area contributed by atoms with Gasteiger partial charge in [0.15, 0.2) is 18.3 Å². The lowest BCUT2D eigenvalue weighted by atomic mass is 9.98. The maximum atomic E-state index is 12.0. The van der Waals surface area contributed by atoms with E-state index < -0.39 is 110 Å². The molecule has 0 radical (unpaired) electrons. The van der Waals surface area contributed by atoms with E-state index in [1.807, 2.05) is 0 Å². The molecule has 2 heterocycles. The predicted octanol–water partition coefficient (Wildman–Crippen LogP) is -1.97. The Kier molecular flexibility index (Phi) is 12.0. The zero-order chi connectivity index (χ0) is 31.1. The smallest absolute Gasteiger partial charge is 0.303 e. The number of carbonyl (C=O) groups is 6. The molecule has 2 N–H and O–H groups in total. The first-order valence-electron chi connectivity index (χ1n) is 12.3. The van der Waals surface area contributed by atoms with Gasteiger partial charge in [-0.2, -0.15) is 0 Å². The van der Waals surface area contributed by atoms with Gasteiger partial charge in [-0.25, -0.2) is 0 Å². The van der Waals surface area contributed by atoms with Crippen LogP contribution in [-0.4, -0.2) is 121 Å². The summed E-state index contributed by atoms with van der Waals surface area (Å²) in [5.41, 5.74) is 0. The molecular formula is C24H34O17. The van der Waals surface area contributed by atoms with Gasteiger partial charge in [0.1, 0.15) is 44.2 Å². The lowest BCUT2D eigenvalue weighted by Crippen LogP contribution is -2.65. The summed E-state index contributed by atoms with van der Waals surface area (Å²) in [5, 5.41) is 22.0. The van der Waals surface area contributed by atoms with Crippen LogP contribution in [0.4, 0.5) is 0 Å². The summed E-state index contributed by atoms with van der Waals surface area (Å²) in [6, 6.07) is 0. The van der Waals surface area contributed by atoms with Crippen LogP contribution in [-0.2, 0) is 71.4 Å². The molecule has 0 aromatic carbocycles. The molecular weight excluding hydrogens is 560 g/mol. The highest BCUT2D eigenvalue weighted by Crippen LogP contribution is 2.39. The zero-order valence-corrected chi connectivity index (χ0v) is 23.3. The molecule has 9 unspecified atom stereocenters. The Labute approximate surface area is 234 Å². The fraction of sp³-hybridized carbons (Fsp3) is 0.750. The Morgan fingerprint density at radius 1 is 0.634 bits per heavy atom. The molecule has 2 aliphatic heterocycles. The average molecular weight is 595 g/mol. The third-order valence-corrected chi connectivity index (χ3v) is 5.68. The van der Waals surface area contributed by atoms with Gasteiger partial charge < -0.3 is 52.8 Å². The van der Waals surface area contributed by atoms with E-state index in [2.05, 4.69) is 0 Å². The van der Waals surface area contributed by atoms with Gasteiger partial charge in [0.05, 0.1) is 0 Å². The van der Waals surface area contributed by atoms with E-state index in [1.165, 1.54) is 0 Å². The number of aliphatic hydroxyl groups is 2. The number of rotatable bonds is 11. The van der Waals surface area contributed by atoms with Crippen LogP contribution < -0.4 is 0 Å². The van der Waals surface area contributed by atoms with Crippen molar-refractivity contribution in [1.29, 1.82) is 0 Å². The molecule has 17 heteroatoms. The van der Waals surface area contributed by atoms with E-state index in [-0.39, 0.29) is 0 Å². The average Bonchev–Trinajstić information content (AvgIpc) is 3.09. The van der Waals surface area contributed by atoms with Gasteiger partial charge in [-0.15, -0.1) is 0 Å². The molecule has 2 rings (SSSR count). The van der Waals surface area contributed by atoms with E-state index in [1.54, 1.807) is 0 Å². The highest BCUT2D eigenvalue weighted by molar-refractivity contribution is 5.68. The third-order valence-electron chi connectivity index (χ3n) is 5.68. The molecule has 41 heavy (non-hydrogen) atoms. The second kappa shape index (κ2) is 14.5. The molecule has 232 valence electrons. The molecule has 0 aromatic rings. The van der Waals surface area contributed by atoms with Gasteiger partial charge in [0.2, 0.25) is 12.1 Å². The van der Waals surface area contributed by atoms with Crippen molar-refractivity contribution in [2.75, 3.05) is 19.8 Å². The minimum Gasteiger partial charge on any atom is -0.463 e. The topological polar surface area (TPSA) is 226 Å². The number of hydrogen-bond donors (Lipinski definition) is 2. The van der Waals surface area contributed by atoms with E-state index in [9.17, 15) is 39.0 Å². The van der Waals surface area contributed by atoms with E-state index >= 15 is 0 Å². The van der Waals surface area contributed by atoms with E-state index in [4.69, 9.17) is 42.6 Å². The van der Waals surface area contributed by atoms with Gasteiger partial charge in [-0.05, 0) is 0 Å². The fourth-order valence-corrected chi connectivity index (χ4v) is 4.14. The van der Waals surface area contributed by atoms with E-state index in [0.717, 1.165) is 41.5 Å². The maximum absolute atomic E-state index is 12.0. The number of carbonyl (C=O) groups excluding carboxylic acids is 6. The summed E-state index contributed by atoms with van der Waals surface area (Å²) in [6.07, 6.45) is -13.3. The molecule has 2 saturated heterocycles. The second-order valence-corrected chi connectivity index (χ2v) is 9.17. The molecule has 2 aliphatic rings. The summed E-state index contributed by atoms with van der Waals surface area (Å²) in [4.78, 5) is 70.2. The molecule has 0 amide bonds. The van der Waals surface area contributed by atoms with Crippen LogP contribution in [0.2, 0.25) is 0 Å². The van der Waals surface area contributed by atoms with Crippen molar-refractivity contribution in [3.63, 3.8) is 0 Å². The van der Waals surface area contributed by atoms with Crippen LogP contribution in [0.5, 0.6) is 0 Å². The first kappa shape index (κ1) is 33.8. The van der Waals surface area contributed by atoms with Crippen molar-refractivity contribution in [3.05, 3.63) is 0 Å². The predicted molar refractivity (Wildman–Crippen MR) is 126 cm³/mol. The van der Waals surface area contributed by atoms with Gasteiger partial charge in [0, 0.05) is 41.5 Å². The van der Waals surface area contributed by atoms with Gasteiger partial charge in [-0.1, -0.05) is 0 Å². The van der Waals surface area contributed by atoms with Crippen molar-refractivity contribution >= 4 is 35.8 Å². The summed E-state index contributed by atoms with van der Waals surface area (Å²) < 4.78 is 48.1. The number of hydrogen-bond acceptors (Lipinski definition) is 17. The Morgan fingerprint density at radius 3 is 1.61 bits per heavy atom. The first-order valence-corrected chi connectivity index (χ1v) is 12.3. The summed E-state index contributed by atoms with van der Waals surface area (Å²) in [5.74, 6) is -7.45. The zero-order valence-electron chi connectivity index (χ0n) is 23.3. The maximum Gasteiger partial charge on any atom is 0.303 e. The Balaban J connectivity index is 2.57. The lowest BCUT2D eigenvalue weighted by Gasteiger charge is -2.45. The molecule has 0 saturated carbocycles. The van der Waals surface area contributed by atoms with Crippen molar-refractivity contribution in [2.24, 2.45) is 0 Å². The Hall–Kier alpha value is -3.38. The minimum atomic E-state index is -2.40. The second-order valence-electron chi connectivity index (χ2n) is 9.17. The number of esters is 6. The quantitative estimate of drug-likeness (QED) is 0.195. The van der Waals surface area contributed by atoms with Crippen molar-refractivity contribution < 1.29 is 81.6 Å². The molecule has 17 nitrogen and oxygen atoms in total. The molecule has 0 spiro atoms. The van der Waals surface area contributed by atoms with Crippen molar-refractivity contribution in [3.8, 4) is 0 Å². The SMILES string of the molecule is CC(=O)OCC1OC(COC(C)=O)(OC2OC(COC(C)=O)C(OC(C)=O)C(O)C2OC(C)=O)C(OC(C)=O)C1O. The Morgan fingerprint density at radius 2 is 1.12 bits per heavy atom. The largest absolute Gasteiger partial charge is 0.463 e. The monoisotopic (exact) mass is 594 g/mol. The fourth-order valence-electron chi connectivity index (χ4n) is 4.14. The molecule has 2 fully saturated rings. The molecule has 9 atom stereocenters. The minimum absolute atomic E-state index is 0.551. The lowest BCUT2D eigenvalue weighted by molar-refractivity contribution is -0.384. The van der Waals surface area contributed by atoms with Crippen molar-refractivity contribution in [1.82, 2.24) is 0 Å². The molecule has 0 bridgehead atoms. The van der Waals surface area contributed by atoms with Crippen LogP contribution >= 0.6 is 0 Å².